The van der Waals surface area contributed by atoms with Crippen LogP contribution in [0.1, 0.15) is 46.4 Å². The molecule has 0 N–H and O–H groups in total. The molecule has 98 valence electrons. The number of carbonyl (C=O) groups excluding carboxylic acids is 3. The van der Waals surface area contributed by atoms with E-state index in [1.165, 1.54) is 0 Å². The molecule has 0 saturated heterocycles. The maximum absolute atomic E-state index is 11.9. The minimum atomic E-state index is -0.569. The van der Waals surface area contributed by atoms with Crippen LogP contribution in [-0.2, 0) is 9.63 Å². The van der Waals surface area contributed by atoms with Gasteiger partial charge in [-0.15, -0.1) is 0 Å². The number of hydrogen-bond donors (Lipinski definition) is 0. The van der Waals surface area contributed by atoms with Crippen LogP contribution in [0.25, 0.3) is 0 Å². The van der Waals surface area contributed by atoms with Crippen LogP contribution in [0.15, 0.2) is 24.3 Å². The zero-order valence-corrected chi connectivity index (χ0v) is 10.3. The lowest BCUT2D eigenvalue weighted by atomic mass is 10.1. The first-order chi connectivity index (χ1) is 9.16. The van der Waals surface area contributed by atoms with E-state index in [2.05, 4.69) is 0 Å². The summed E-state index contributed by atoms with van der Waals surface area (Å²) in [7, 11) is 0. The zero-order valence-electron chi connectivity index (χ0n) is 10.3. The average molecular weight is 259 g/mol. The van der Waals surface area contributed by atoms with Crippen molar-refractivity contribution in [1.82, 2.24) is 5.06 Å². The Labute approximate surface area is 110 Å². The van der Waals surface area contributed by atoms with Gasteiger partial charge in [0.2, 0.25) is 0 Å². The summed E-state index contributed by atoms with van der Waals surface area (Å²) >= 11 is 0. The molecule has 1 heterocycles. The second-order valence-electron chi connectivity index (χ2n) is 4.90. The Balaban J connectivity index is 1.67. The van der Waals surface area contributed by atoms with Gasteiger partial charge in [-0.3, -0.25) is 9.59 Å². The smallest absolute Gasteiger partial charge is 0.330 e. The molecule has 1 aliphatic carbocycles. The molecule has 19 heavy (non-hydrogen) atoms. The highest BCUT2D eigenvalue weighted by Crippen LogP contribution is 2.33. The third-order valence-electron chi connectivity index (χ3n) is 3.40. The fraction of sp³-hybridized carbons (Fsp3) is 0.357. The molecule has 2 aliphatic rings. The second kappa shape index (κ2) is 4.50. The number of nitrogens with zero attached hydrogens (tertiary/aromatic N) is 1. The number of fused-ring (bicyclic) bond motifs is 1. The Morgan fingerprint density at radius 3 is 2.26 bits per heavy atom. The molecule has 0 atom stereocenters. The highest BCUT2D eigenvalue weighted by molar-refractivity contribution is 6.20. The summed E-state index contributed by atoms with van der Waals surface area (Å²) in [4.78, 5) is 40.3. The van der Waals surface area contributed by atoms with E-state index in [-0.39, 0.29) is 17.5 Å². The van der Waals surface area contributed by atoms with Gasteiger partial charge in [0.05, 0.1) is 11.1 Å². The summed E-state index contributed by atoms with van der Waals surface area (Å²) in [6.45, 7) is 0. The van der Waals surface area contributed by atoms with Crippen LogP contribution in [0.3, 0.4) is 0 Å². The standard InChI is InChI=1S/C14H13NO4/c16-12(8-7-9-5-6-9)19-15-13(17)10-3-1-2-4-11(10)14(15)18/h1-4,9H,5-8H2. The fourth-order valence-electron chi connectivity index (χ4n) is 2.13. The first-order valence-electron chi connectivity index (χ1n) is 6.35. The van der Waals surface area contributed by atoms with Gasteiger partial charge in [0, 0.05) is 6.42 Å². The van der Waals surface area contributed by atoms with Crippen LogP contribution in [0, 0.1) is 5.92 Å². The van der Waals surface area contributed by atoms with E-state index < -0.39 is 17.8 Å². The third kappa shape index (κ3) is 2.23. The number of carbonyl (C=O) groups is 3. The van der Waals surface area contributed by atoms with E-state index in [1.54, 1.807) is 24.3 Å². The molecular weight excluding hydrogens is 246 g/mol. The average Bonchev–Trinajstić information content (AvgIpc) is 3.22. The summed E-state index contributed by atoms with van der Waals surface area (Å²) in [6.07, 6.45) is 3.32. The highest BCUT2D eigenvalue weighted by atomic mass is 16.7. The molecule has 5 heteroatoms. The van der Waals surface area contributed by atoms with Crippen LogP contribution in [0.4, 0.5) is 0 Å². The van der Waals surface area contributed by atoms with Crippen molar-refractivity contribution in [1.29, 1.82) is 0 Å². The fourth-order valence-corrected chi connectivity index (χ4v) is 2.13. The van der Waals surface area contributed by atoms with Crippen molar-refractivity contribution in [2.45, 2.75) is 25.7 Å². The van der Waals surface area contributed by atoms with E-state index in [0.29, 0.717) is 11.0 Å². The SMILES string of the molecule is O=C(CCC1CC1)ON1C(=O)c2ccccc2C1=O. The van der Waals surface area contributed by atoms with Crippen molar-refractivity contribution in [3.05, 3.63) is 35.4 Å². The lowest BCUT2D eigenvalue weighted by molar-refractivity contribution is -0.168. The molecule has 0 bridgehead atoms. The molecule has 1 aliphatic heterocycles. The van der Waals surface area contributed by atoms with E-state index in [9.17, 15) is 14.4 Å². The molecule has 1 fully saturated rings. The van der Waals surface area contributed by atoms with Crippen LogP contribution in [0.2, 0.25) is 0 Å². The van der Waals surface area contributed by atoms with Crippen LogP contribution < -0.4 is 0 Å². The Bertz CT molecular complexity index is 527. The van der Waals surface area contributed by atoms with Gasteiger partial charge in [-0.25, -0.2) is 4.79 Å². The van der Waals surface area contributed by atoms with Crippen molar-refractivity contribution in [2.24, 2.45) is 5.92 Å². The Kier molecular flexibility index (Phi) is 2.81. The Hall–Kier alpha value is -2.17. The summed E-state index contributed by atoms with van der Waals surface area (Å²) in [5.74, 6) is -1.06. The maximum Gasteiger partial charge on any atom is 0.333 e. The molecule has 1 saturated carbocycles. The molecule has 0 radical (unpaired) electrons. The summed E-state index contributed by atoms with van der Waals surface area (Å²) < 4.78 is 0. The minimum absolute atomic E-state index is 0.248. The Morgan fingerprint density at radius 2 is 1.74 bits per heavy atom. The van der Waals surface area contributed by atoms with Crippen molar-refractivity contribution < 1.29 is 19.2 Å². The van der Waals surface area contributed by atoms with E-state index in [4.69, 9.17) is 4.84 Å². The predicted molar refractivity (Wildman–Crippen MR) is 65.0 cm³/mol. The van der Waals surface area contributed by atoms with Crippen molar-refractivity contribution in [2.75, 3.05) is 0 Å². The monoisotopic (exact) mass is 259 g/mol. The van der Waals surface area contributed by atoms with Gasteiger partial charge in [-0.1, -0.05) is 30.0 Å². The third-order valence-corrected chi connectivity index (χ3v) is 3.40. The number of hydrogen-bond acceptors (Lipinski definition) is 4. The van der Waals surface area contributed by atoms with Gasteiger partial charge >= 0.3 is 5.97 Å². The highest BCUT2D eigenvalue weighted by Gasteiger charge is 2.38. The molecule has 0 unspecified atom stereocenters. The first-order valence-corrected chi connectivity index (χ1v) is 6.35. The summed E-state index contributed by atoms with van der Waals surface area (Å²) in [5.41, 5.74) is 0.560. The maximum atomic E-state index is 11.9. The van der Waals surface area contributed by atoms with Gasteiger partial charge < -0.3 is 4.84 Å². The molecule has 0 spiro atoms. The van der Waals surface area contributed by atoms with Gasteiger partial charge in [0.1, 0.15) is 0 Å². The number of benzene rings is 1. The van der Waals surface area contributed by atoms with Gasteiger partial charge in [-0.05, 0) is 24.5 Å². The first kappa shape index (κ1) is 11.9. The van der Waals surface area contributed by atoms with Gasteiger partial charge in [0.15, 0.2) is 0 Å². The van der Waals surface area contributed by atoms with E-state index in [1.807, 2.05) is 0 Å². The van der Waals surface area contributed by atoms with Crippen molar-refractivity contribution in [3.63, 3.8) is 0 Å². The summed E-state index contributed by atoms with van der Waals surface area (Å²) in [6, 6.07) is 6.44. The van der Waals surface area contributed by atoms with Crippen LogP contribution in [0.5, 0.6) is 0 Å². The van der Waals surface area contributed by atoms with Crippen molar-refractivity contribution in [3.8, 4) is 0 Å². The lowest BCUT2D eigenvalue weighted by Crippen LogP contribution is -2.32. The largest absolute Gasteiger partial charge is 0.333 e. The quantitative estimate of drug-likeness (QED) is 0.775. The zero-order chi connectivity index (χ0) is 13.4. The number of imide groups is 1. The van der Waals surface area contributed by atoms with Gasteiger partial charge in [-0.2, -0.15) is 0 Å². The number of amides is 2. The molecule has 0 aromatic heterocycles. The van der Waals surface area contributed by atoms with E-state index in [0.717, 1.165) is 19.3 Å². The minimum Gasteiger partial charge on any atom is -0.330 e. The normalized spacial score (nSPS) is 17.6. The molecular formula is C14H13NO4. The molecule has 1 aromatic rings. The van der Waals surface area contributed by atoms with Gasteiger partial charge in [0.25, 0.3) is 11.8 Å². The summed E-state index contributed by atoms with van der Waals surface area (Å²) in [5, 5.41) is 0.569. The van der Waals surface area contributed by atoms with E-state index >= 15 is 0 Å². The van der Waals surface area contributed by atoms with Crippen LogP contribution in [-0.4, -0.2) is 22.8 Å². The molecule has 3 rings (SSSR count). The second-order valence-corrected chi connectivity index (χ2v) is 4.90. The predicted octanol–water partition coefficient (Wildman–Crippen LogP) is 1.93. The molecule has 5 nitrogen and oxygen atoms in total. The lowest BCUT2D eigenvalue weighted by Gasteiger charge is -2.12. The number of rotatable bonds is 4. The van der Waals surface area contributed by atoms with Crippen molar-refractivity contribution >= 4 is 17.8 Å². The molecule has 2 amide bonds. The Morgan fingerprint density at radius 1 is 1.16 bits per heavy atom. The molecule has 1 aromatic carbocycles. The van der Waals surface area contributed by atoms with Crippen LogP contribution >= 0.6 is 0 Å². The number of hydroxylamine groups is 2. The topological polar surface area (TPSA) is 63.7 Å².